The number of aliphatic hydroxyl groups is 1. The molecule has 2 aliphatic rings. The number of aliphatic hydroxyl groups excluding tert-OH is 1. The number of hydrogen-bond acceptors (Lipinski definition) is 6. The van der Waals surface area contributed by atoms with E-state index in [2.05, 4.69) is 34.2 Å². The molecule has 4 rings (SSSR count). The molecule has 7 heteroatoms. The van der Waals surface area contributed by atoms with Crippen molar-refractivity contribution in [3.05, 3.63) is 48.2 Å². The summed E-state index contributed by atoms with van der Waals surface area (Å²) in [6.45, 7) is 5.15. The van der Waals surface area contributed by atoms with Crippen molar-refractivity contribution < 1.29 is 14.3 Å². The number of rotatable bonds is 5. The van der Waals surface area contributed by atoms with E-state index in [1.807, 2.05) is 18.2 Å². The molecule has 2 unspecified atom stereocenters. The normalized spacial score (nSPS) is 28.3. The minimum atomic E-state index is -0.779. The molecular weight excluding hydrogens is 332 g/mol. The Bertz CT molecular complexity index is 764. The van der Waals surface area contributed by atoms with Crippen LogP contribution < -0.4 is 0 Å². The molecule has 1 amide bonds. The molecule has 1 aromatic carbocycles. The highest BCUT2D eigenvalue weighted by Gasteiger charge is 2.62. The van der Waals surface area contributed by atoms with Gasteiger partial charge in [0.25, 0.3) is 0 Å². The third kappa shape index (κ3) is 2.62. The monoisotopic (exact) mass is 356 g/mol. The lowest BCUT2D eigenvalue weighted by Crippen LogP contribution is -2.73. The topological polar surface area (TPSA) is 82.7 Å². The number of likely N-dealkylation sites (tertiary alicyclic amines) is 2. The maximum absolute atomic E-state index is 13.3. The number of nitrogens with zero attached hydrogens (tertiary/aromatic N) is 4. The van der Waals surface area contributed by atoms with E-state index in [0.29, 0.717) is 12.6 Å². The van der Waals surface area contributed by atoms with Crippen molar-refractivity contribution >= 4 is 5.91 Å². The van der Waals surface area contributed by atoms with Gasteiger partial charge in [-0.3, -0.25) is 9.69 Å². The summed E-state index contributed by atoms with van der Waals surface area (Å²) in [5, 5.41) is 17.8. The molecule has 2 aliphatic heterocycles. The van der Waals surface area contributed by atoms with Crippen LogP contribution in [-0.4, -0.2) is 55.2 Å². The Hall–Kier alpha value is -2.25. The zero-order chi connectivity index (χ0) is 18.3. The molecule has 4 atom stereocenters. The minimum Gasteiger partial charge on any atom is -0.426 e. The van der Waals surface area contributed by atoms with Crippen molar-refractivity contribution in [2.75, 3.05) is 6.54 Å². The summed E-state index contributed by atoms with van der Waals surface area (Å²) in [6.07, 6.45) is 2.28. The van der Waals surface area contributed by atoms with Crippen LogP contribution in [0.2, 0.25) is 0 Å². The molecule has 0 aliphatic carbocycles. The second-order valence-corrected chi connectivity index (χ2v) is 7.43. The van der Waals surface area contributed by atoms with Gasteiger partial charge in [-0.1, -0.05) is 30.3 Å². The standard InChI is InChI=1S/C19H24N4O3/c1-13-8-9-19(23(13)10-15-6-4-3-5-7-15)11-22(18(19)25)16(14(2)24)17-21-20-12-26-17/h3-7,12-14,16,24H,8-11H2,1-2H3/t13?,14-,16+,19?/m1/s1. The molecule has 1 aromatic heterocycles. The number of benzene rings is 1. The van der Waals surface area contributed by atoms with Crippen LogP contribution in [0, 0.1) is 0 Å². The van der Waals surface area contributed by atoms with Crippen molar-refractivity contribution in [2.24, 2.45) is 0 Å². The summed E-state index contributed by atoms with van der Waals surface area (Å²) in [5.41, 5.74) is 0.721. The number of carbonyl (C=O) groups excluding carboxylic acids is 1. The van der Waals surface area contributed by atoms with Gasteiger partial charge >= 0.3 is 0 Å². The maximum Gasteiger partial charge on any atom is 0.245 e. The molecule has 1 N–H and O–H groups in total. The summed E-state index contributed by atoms with van der Waals surface area (Å²) in [6, 6.07) is 9.99. The average molecular weight is 356 g/mol. The number of hydrogen-bond donors (Lipinski definition) is 1. The molecule has 3 heterocycles. The first kappa shape index (κ1) is 17.2. The Labute approximate surface area is 152 Å². The third-order valence-corrected chi connectivity index (χ3v) is 5.77. The number of amides is 1. The number of aromatic nitrogens is 2. The second-order valence-electron chi connectivity index (χ2n) is 7.43. The molecule has 1 spiro atoms. The smallest absolute Gasteiger partial charge is 0.245 e. The van der Waals surface area contributed by atoms with Crippen LogP contribution in [0.3, 0.4) is 0 Å². The Kier molecular flexibility index (Phi) is 4.28. The van der Waals surface area contributed by atoms with E-state index in [1.165, 1.54) is 12.0 Å². The van der Waals surface area contributed by atoms with Gasteiger partial charge < -0.3 is 14.4 Å². The maximum atomic E-state index is 13.3. The summed E-state index contributed by atoms with van der Waals surface area (Å²) < 4.78 is 5.27. The fraction of sp³-hybridized carbons (Fsp3) is 0.526. The Morgan fingerprint density at radius 2 is 2.15 bits per heavy atom. The van der Waals surface area contributed by atoms with Crippen molar-refractivity contribution in [3.63, 3.8) is 0 Å². The van der Waals surface area contributed by atoms with Gasteiger partial charge in [-0.15, -0.1) is 10.2 Å². The van der Waals surface area contributed by atoms with Gasteiger partial charge in [-0.05, 0) is 32.3 Å². The predicted molar refractivity (Wildman–Crippen MR) is 93.8 cm³/mol. The van der Waals surface area contributed by atoms with Crippen molar-refractivity contribution in [2.45, 2.75) is 57.0 Å². The van der Waals surface area contributed by atoms with Gasteiger partial charge in [-0.2, -0.15) is 0 Å². The van der Waals surface area contributed by atoms with Crippen molar-refractivity contribution in [1.82, 2.24) is 20.0 Å². The lowest BCUT2D eigenvalue weighted by atomic mass is 9.83. The van der Waals surface area contributed by atoms with Crippen LogP contribution in [0.15, 0.2) is 41.1 Å². The zero-order valence-corrected chi connectivity index (χ0v) is 15.1. The summed E-state index contributed by atoms with van der Waals surface area (Å²) >= 11 is 0. The van der Waals surface area contributed by atoms with E-state index in [9.17, 15) is 9.90 Å². The quantitative estimate of drug-likeness (QED) is 0.822. The Morgan fingerprint density at radius 1 is 1.38 bits per heavy atom. The molecule has 7 nitrogen and oxygen atoms in total. The Balaban J connectivity index is 1.57. The lowest BCUT2D eigenvalue weighted by molar-refractivity contribution is -0.173. The van der Waals surface area contributed by atoms with Crippen LogP contribution in [0.5, 0.6) is 0 Å². The van der Waals surface area contributed by atoms with Crippen LogP contribution >= 0.6 is 0 Å². The average Bonchev–Trinajstić information content (AvgIpc) is 3.26. The van der Waals surface area contributed by atoms with E-state index >= 15 is 0 Å². The van der Waals surface area contributed by atoms with Gasteiger partial charge in [0.2, 0.25) is 18.2 Å². The SMILES string of the molecule is CC1CCC2(CN([C@H](c3nnco3)[C@@H](C)O)C2=O)N1Cc1ccccc1. The van der Waals surface area contributed by atoms with Crippen LogP contribution in [0.1, 0.15) is 44.2 Å². The van der Waals surface area contributed by atoms with Crippen molar-refractivity contribution in [3.8, 4) is 0 Å². The van der Waals surface area contributed by atoms with Crippen molar-refractivity contribution in [1.29, 1.82) is 0 Å². The third-order valence-electron chi connectivity index (χ3n) is 5.77. The summed E-state index contributed by atoms with van der Waals surface area (Å²) in [4.78, 5) is 17.2. The van der Waals surface area contributed by atoms with E-state index < -0.39 is 17.7 Å². The fourth-order valence-corrected chi connectivity index (χ4v) is 4.39. The van der Waals surface area contributed by atoms with Crippen LogP contribution in [0.4, 0.5) is 0 Å². The van der Waals surface area contributed by atoms with E-state index in [1.54, 1.807) is 11.8 Å². The van der Waals surface area contributed by atoms with Gasteiger partial charge in [0.05, 0.1) is 6.10 Å². The molecular formula is C19H24N4O3. The van der Waals surface area contributed by atoms with Gasteiger partial charge in [0, 0.05) is 19.1 Å². The Morgan fingerprint density at radius 3 is 2.77 bits per heavy atom. The predicted octanol–water partition coefficient (Wildman–Crippen LogP) is 1.76. The molecule has 0 radical (unpaired) electrons. The highest BCUT2D eigenvalue weighted by Crippen LogP contribution is 2.46. The highest BCUT2D eigenvalue weighted by atomic mass is 16.4. The van der Waals surface area contributed by atoms with Gasteiger partial charge in [0.1, 0.15) is 11.6 Å². The zero-order valence-electron chi connectivity index (χ0n) is 15.1. The highest BCUT2D eigenvalue weighted by molar-refractivity contribution is 5.93. The molecule has 0 bridgehead atoms. The number of β-lactam (4-membered cyclic amide) rings is 1. The molecule has 2 fully saturated rings. The number of carbonyl (C=O) groups is 1. The molecule has 138 valence electrons. The van der Waals surface area contributed by atoms with Gasteiger partial charge in [-0.25, -0.2) is 0 Å². The molecule has 2 saturated heterocycles. The minimum absolute atomic E-state index is 0.0434. The molecule has 26 heavy (non-hydrogen) atoms. The van der Waals surface area contributed by atoms with Crippen LogP contribution in [-0.2, 0) is 11.3 Å². The summed E-state index contributed by atoms with van der Waals surface area (Å²) in [5.74, 6) is 0.325. The van der Waals surface area contributed by atoms with Crippen LogP contribution in [0.25, 0.3) is 0 Å². The van der Waals surface area contributed by atoms with E-state index in [0.717, 1.165) is 19.4 Å². The lowest BCUT2D eigenvalue weighted by Gasteiger charge is -2.54. The largest absolute Gasteiger partial charge is 0.426 e. The second kappa shape index (κ2) is 6.48. The van der Waals surface area contributed by atoms with Gasteiger partial charge in [0.15, 0.2) is 0 Å². The van der Waals surface area contributed by atoms with E-state index in [-0.39, 0.29) is 11.8 Å². The first-order valence-electron chi connectivity index (χ1n) is 9.09. The molecule has 0 saturated carbocycles. The fourth-order valence-electron chi connectivity index (χ4n) is 4.39. The first-order valence-corrected chi connectivity index (χ1v) is 9.09. The first-order chi connectivity index (χ1) is 12.5. The molecule has 2 aromatic rings. The summed E-state index contributed by atoms with van der Waals surface area (Å²) in [7, 11) is 0. The van der Waals surface area contributed by atoms with E-state index in [4.69, 9.17) is 4.42 Å².